The van der Waals surface area contributed by atoms with Gasteiger partial charge in [0.2, 0.25) is 0 Å². The second-order valence-electron chi connectivity index (χ2n) is 6.10. The summed E-state index contributed by atoms with van der Waals surface area (Å²) in [5.41, 5.74) is 9.31. The van der Waals surface area contributed by atoms with Crippen LogP contribution < -0.4 is 11.1 Å². The predicted molar refractivity (Wildman–Crippen MR) is 101 cm³/mol. The van der Waals surface area contributed by atoms with E-state index < -0.39 is 0 Å². The van der Waals surface area contributed by atoms with Crippen molar-refractivity contribution in [2.24, 2.45) is 11.7 Å². The molecule has 0 bridgehead atoms. The Kier molecular flexibility index (Phi) is 6.06. The first-order chi connectivity index (χ1) is 11.0. The maximum absolute atomic E-state index is 12.3. The molecule has 2 aromatic rings. The van der Waals surface area contributed by atoms with Crippen LogP contribution in [0.1, 0.15) is 34.6 Å². The maximum Gasteiger partial charge on any atom is 0.251 e. The van der Waals surface area contributed by atoms with Gasteiger partial charge in [-0.25, -0.2) is 4.68 Å². The molecule has 1 aliphatic carbocycles. The Morgan fingerprint density at radius 3 is 2.46 bits per heavy atom. The summed E-state index contributed by atoms with van der Waals surface area (Å²) in [6, 6.07) is 7.57. The number of halogens is 2. The quantitative estimate of drug-likeness (QED) is 0.791. The van der Waals surface area contributed by atoms with Gasteiger partial charge in [-0.3, -0.25) is 4.79 Å². The Morgan fingerprint density at radius 2 is 2.00 bits per heavy atom. The summed E-state index contributed by atoms with van der Waals surface area (Å²) in [5.74, 6) is 0.490. The molecule has 1 aromatic heterocycles. The van der Waals surface area contributed by atoms with E-state index in [1.54, 1.807) is 0 Å². The van der Waals surface area contributed by atoms with Gasteiger partial charge >= 0.3 is 0 Å². The smallest absolute Gasteiger partial charge is 0.251 e. The molecular weight excluding hydrogens is 392 g/mol. The predicted octanol–water partition coefficient (Wildman–Crippen LogP) is 3.14. The van der Waals surface area contributed by atoms with Crippen molar-refractivity contribution in [3.05, 3.63) is 45.7 Å². The van der Waals surface area contributed by atoms with Crippen LogP contribution in [0.15, 0.2) is 28.7 Å². The molecule has 130 valence electrons. The van der Waals surface area contributed by atoms with Crippen molar-refractivity contribution < 1.29 is 4.79 Å². The summed E-state index contributed by atoms with van der Waals surface area (Å²) in [6.45, 7) is 4.46. The van der Waals surface area contributed by atoms with E-state index in [4.69, 9.17) is 5.73 Å². The van der Waals surface area contributed by atoms with Gasteiger partial charge in [0.05, 0.1) is 21.5 Å². The minimum absolute atomic E-state index is 0. The van der Waals surface area contributed by atoms with Crippen molar-refractivity contribution in [3.63, 3.8) is 0 Å². The van der Waals surface area contributed by atoms with Crippen LogP contribution in [-0.4, -0.2) is 28.3 Å². The van der Waals surface area contributed by atoms with E-state index in [-0.39, 0.29) is 24.4 Å². The van der Waals surface area contributed by atoms with E-state index in [2.05, 4.69) is 26.3 Å². The summed E-state index contributed by atoms with van der Waals surface area (Å²) in [7, 11) is 0. The highest BCUT2D eigenvalue weighted by atomic mass is 79.9. The first kappa shape index (κ1) is 19.0. The fourth-order valence-corrected chi connectivity index (χ4v) is 3.00. The van der Waals surface area contributed by atoms with Crippen molar-refractivity contribution in [2.45, 2.75) is 32.7 Å². The minimum Gasteiger partial charge on any atom is -0.348 e. The van der Waals surface area contributed by atoms with Gasteiger partial charge in [0.1, 0.15) is 0 Å². The monoisotopic (exact) mass is 412 g/mol. The van der Waals surface area contributed by atoms with Gasteiger partial charge in [-0.05, 0) is 72.8 Å². The van der Waals surface area contributed by atoms with Crippen molar-refractivity contribution >= 4 is 34.2 Å². The normalized spacial score (nSPS) is 14.8. The number of carbonyl (C=O) groups excluding carboxylic acids is 1. The van der Waals surface area contributed by atoms with Gasteiger partial charge in [0, 0.05) is 18.2 Å². The Labute approximate surface area is 156 Å². The molecule has 0 aliphatic heterocycles. The van der Waals surface area contributed by atoms with Crippen molar-refractivity contribution in [3.8, 4) is 5.69 Å². The molecule has 1 aliphatic rings. The third-order valence-electron chi connectivity index (χ3n) is 4.34. The fraction of sp³-hybridized carbons (Fsp3) is 0.412. The molecular formula is C17H22BrClN4O. The molecule has 0 spiro atoms. The third-order valence-corrected chi connectivity index (χ3v) is 5.49. The number of hydrogen-bond acceptors (Lipinski definition) is 3. The lowest BCUT2D eigenvalue weighted by molar-refractivity contribution is 0.0933. The molecule has 7 heteroatoms. The molecule has 1 atom stereocenters. The number of carbonyl (C=O) groups is 1. The highest BCUT2D eigenvalue weighted by molar-refractivity contribution is 9.10. The van der Waals surface area contributed by atoms with Crippen LogP contribution >= 0.6 is 28.3 Å². The summed E-state index contributed by atoms with van der Waals surface area (Å²) < 4.78 is 2.88. The van der Waals surface area contributed by atoms with E-state index >= 15 is 0 Å². The molecule has 5 nitrogen and oxygen atoms in total. The van der Waals surface area contributed by atoms with E-state index in [1.165, 1.54) is 0 Å². The fourth-order valence-electron chi connectivity index (χ4n) is 2.75. The zero-order valence-electron chi connectivity index (χ0n) is 13.8. The van der Waals surface area contributed by atoms with Gasteiger partial charge in [-0.1, -0.05) is 0 Å². The van der Waals surface area contributed by atoms with E-state index in [1.807, 2.05) is 42.8 Å². The number of hydrogen-bond donors (Lipinski definition) is 2. The zero-order chi connectivity index (χ0) is 16.6. The molecule has 1 saturated carbocycles. The SMILES string of the molecule is Cc1nn(-c2ccc(C(=O)NC(CN)C3CC3)cc2)c(C)c1Br.Cl. The van der Waals surface area contributed by atoms with Crippen molar-refractivity contribution in [2.75, 3.05) is 6.54 Å². The Morgan fingerprint density at radius 1 is 1.38 bits per heavy atom. The molecule has 0 saturated heterocycles. The third kappa shape index (κ3) is 3.82. The van der Waals surface area contributed by atoms with E-state index in [0.29, 0.717) is 18.0 Å². The van der Waals surface area contributed by atoms with Crippen molar-refractivity contribution in [1.29, 1.82) is 0 Å². The van der Waals surface area contributed by atoms with Crippen LogP contribution in [0, 0.1) is 19.8 Å². The minimum atomic E-state index is -0.0616. The number of nitrogens with zero attached hydrogens (tertiary/aromatic N) is 2. The van der Waals surface area contributed by atoms with E-state index in [0.717, 1.165) is 34.4 Å². The molecule has 0 radical (unpaired) electrons. The Balaban J connectivity index is 0.00000208. The molecule has 1 unspecified atom stereocenters. The molecule has 3 rings (SSSR count). The highest BCUT2D eigenvalue weighted by Gasteiger charge is 2.31. The molecule has 1 aromatic carbocycles. The molecule has 24 heavy (non-hydrogen) atoms. The zero-order valence-corrected chi connectivity index (χ0v) is 16.2. The second kappa shape index (κ2) is 7.68. The molecule has 1 heterocycles. The summed E-state index contributed by atoms with van der Waals surface area (Å²) >= 11 is 3.53. The lowest BCUT2D eigenvalue weighted by atomic mass is 10.1. The number of aromatic nitrogens is 2. The molecule has 1 fully saturated rings. The summed E-state index contributed by atoms with van der Waals surface area (Å²) in [5, 5.41) is 7.54. The van der Waals surface area contributed by atoms with Crippen LogP contribution in [0.2, 0.25) is 0 Å². The molecule has 3 N–H and O–H groups in total. The molecule has 1 amide bonds. The number of amides is 1. The summed E-state index contributed by atoms with van der Waals surface area (Å²) in [6.07, 6.45) is 2.32. The topological polar surface area (TPSA) is 72.9 Å². The second-order valence-corrected chi connectivity index (χ2v) is 6.89. The lowest BCUT2D eigenvalue weighted by Crippen LogP contribution is -2.41. The van der Waals surface area contributed by atoms with Crippen LogP contribution in [0.25, 0.3) is 5.69 Å². The van der Waals surface area contributed by atoms with Gasteiger partial charge in [0.15, 0.2) is 0 Å². The maximum atomic E-state index is 12.3. The van der Waals surface area contributed by atoms with Crippen LogP contribution in [0.4, 0.5) is 0 Å². The van der Waals surface area contributed by atoms with Gasteiger partial charge < -0.3 is 11.1 Å². The van der Waals surface area contributed by atoms with E-state index in [9.17, 15) is 4.79 Å². The van der Waals surface area contributed by atoms with Gasteiger partial charge in [-0.2, -0.15) is 5.10 Å². The first-order valence-electron chi connectivity index (χ1n) is 7.84. The highest BCUT2D eigenvalue weighted by Crippen LogP contribution is 2.32. The number of nitrogens with two attached hydrogens (primary N) is 1. The lowest BCUT2D eigenvalue weighted by Gasteiger charge is -2.16. The number of benzene rings is 1. The van der Waals surface area contributed by atoms with Gasteiger partial charge in [-0.15, -0.1) is 12.4 Å². The summed E-state index contributed by atoms with van der Waals surface area (Å²) in [4.78, 5) is 12.3. The Hall–Kier alpha value is -1.37. The number of aryl methyl sites for hydroxylation is 1. The average Bonchev–Trinajstić information content (AvgIpc) is 3.37. The number of rotatable bonds is 5. The van der Waals surface area contributed by atoms with Crippen LogP contribution in [0.3, 0.4) is 0 Å². The van der Waals surface area contributed by atoms with Crippen LogP contribution in [-0.2, 0) is 0 Å². The number of nitrogens with one attached hydrogen (secondary N) is 1. The van der Waals surface area contributed by atoms with Gasteiger partial charge in [0.25, 0.3) is 5.91 Å². The van der Waals surface area contributed by atoms with Crippen LogP contribution in [0.5, 0.6) is 0 Å². The largest absolute Gasteiger partial charge is 0.348 e. The standard InChI is InChI=1S/C17H21BrN4O.ClH/c1-10-16(18)11(2)22(21-10)14-7-5-13(6-8-14)17(23)20-15(9-19)12-3-4-12;/h5-8,12,15H,3-4,9,19H2,1-2H3,(H,20,23);1H. The van der Waals surface area contributed by atoms with Crippen molar-refractivity contribution in [1.82, 2.24) is 15.1 Å². The average molecular weight is 414 g/mol. The Bertz CT molecular complexity index is 725. The first-order valence-corrected chi connectivity index (χ1v) is 8.63.